The van der Waals surface area contributed by atoms with E-state index in [1.54, 1.807) is 19.4 Å². The number of rotatable bonds is 3. The number of methoxy groups -OCH3 is 1. The Morgan fingerprint density at radius 2 is 2.33 bits per heavy atom. The number of pyridine rings is 2. The summed E-state index contributed by atoms with van der Waals surface area (Å²) in [6.45, 7) is 2.49. The van der Waals surface area contributed by atoms with Gasteiger partial charge in [0, 0.05) is 36.7 Å². The lowest BCUT2D eigenvalue weighted by Gasteiger charge is -2.34. The van der Waals surface area contributed by atoms with E-state index in [9.17, 15) is 4.39 Å². The highest BCUT2D eigenvalue weighted by molar-refractivity contribution is 5.81. The highest BCUT2D eigenvalue weighted by Gasteiger charge is 2.33. The zero-order chi connectivity index (χ0) is 16.7. The summed E-state index contributed by atoms with van der Waals surface area (Å²) in [7, 11) is 1.59. The lowest BCUT2D eigenvalue weighted by molar-refractivity contribution is 0.111. The number of piperidine rings is 1. The van der Waals surface area contributed by atoms with Crippen molar-refractivity contribution in [1.29, 1.82) is 0 Å². The molecule has 4 heterocycles. The van der Waals surface area contributed by atoms with Crippen molar-refractivity contribution in [3.63, 3.8) is 0 Å². The Kier molecular flexibility index (Phi) is 3.97. The molecule has 0 spiro atoms. The first-order valence-corrected chi connectivity index (χ1v) is 8.24. The molecule has 0 aromatic carbocycles. The number of aromatic nitrogens is 2. The van der Waals surface area contributed by atoms with Gasteiger partial charge in [-0.2, -0.15) is 0 Å². The van der Waals surface area contributed by atoms with Crippen molar-refractivity contribution in [2.45, 2.75) is 24.6 Å². The van der Waals surface area contributed by atoms with Gasteiger partial charge >= 0.3 is 0 Å². The number of halogens is 1. The van der Waals surface area contributed by atoms with Crippen LogP contribution in [0.5, 0.6) is 11.6 Å². The van der Waals surface area contributed by atoms with Crippen molar-refractivity contribution in [3.8, 4) is 11.6 Å². The van der Waals surface area contributed by atoms with Crippen LogP contribution in [0.4, 0.5) is 4.39 Å². The van der Waals surface area contributed by atoms with Crippen LogP contribution in [0.2, 0.25) is 0 Å². The van der Waals surface area contributed by atoms with E-state index in [2.05, 4.69) is 14.9 Å². The zero-order valence-electron chi connectivity index (χ0n) is 13.6. The van der Waals surface area contributed by atoms with E-state index in [1.165, 1.54) is 0 Å². The number of nitrogens with two attached hydrogens (primary N) is 1. The number of ether oxygens (including phenoxy) is 2. The summed E-state index contributed by atoms with van der Waals surface area (Å²) in [5.74, 6) is 1.46. The second-order valence-electron chi connectivity index (χ2n) is 6.49. The van der Waals surface area contributed by atoms with Gasteiger partial charge in [0.2, 0.25) is 5.88 Å². The molecule has 4 rings (SSSR count). The molecule has 24 heavy (non-hydrogen) atoms. The Morgan fingerprint density at radius 1 is 1.46 bits per heavy atom. The third-order valence-corrected chi connectivity index (χ3v) is 4.90. The first-order chi connectivity index (χ1) is 11.7. The minimum atomic E-state index is -0.965. The maximum absolute atomic E-state index is 13.9. The number of likely N-dealkylation sites (tertiary alicyclic amines) is 1. The quantitative estimate of drug-likeness (QED) is 0.918. The Labute approximate surface area is 139 Å². The van der Waals surface area contributed by atoms with Crippen LogP contribution in [0, 0.1) is 0 Å². The Bertz CT molecular complexity index is 757. The maximum atomic E-state index is 13.9. The molecule has 0 radical (unpaired) electrons. The highest BCUT2D eigenvalue weighted by Crippen LogP contribution is 2.38. The third-order valence-electron chi connectivity index (χ3n) is 4.90. The van der Waals surface area contributed by atoms with Gasteiger partial charge < -0.3 is 15.2 Å². The van der Waals surface area contributed by atoms with Gasteiger partial charge in [-0.3, -0.25) is 9.88 Å². The van der Waals surface area contributed by atoms with Crippen molar-refractivity contribution in [2.75, 3.05) is 33.4 Å². The van der Waals surface area contributed by atoms with Gasteiger partial charge in [0.05, 0.1) is 25.4 Å². The van der Waals surface area contributed by atoms with Gasteiger partial charge in [-0.15, -0.1) is 0 Å². The van der Waals surface area contributed by atoms with Crippen molar-refractivity contribution in [1.82, 2.24) is 14.9 Å². The fourth-order valence-electron chi connectivity index (χ4n) is 3.55. The average Bonchev–Trinajstić information content (AvgIpc) is 3.01. The Hall–Kier alpha value is -1.99. The summed E-state index contributed by atoms with van der Waals surface area (Å²) in [4.78, 5) is 11.1. The van der Waals surface area contributed by atoms with Crippen molar-refractivity contribution in [3.05, 3.63) is 23.9 Å². The van der Waals surface area contributed by atoms with Crippen LogP contribution in [0.3, 0.4) is 0 Å². The topological polar surface area (TPSA) is 73.5 Å². The van der Waals surface area contributed by atoms with Crippen molar-refractivity contribution in [2.24, 2.45) is 5.73 Å². The number of alkyl halides is 1. The van der Waals surface area contributed by atoms with E-state index in [-0.39, 0.29) is 12.0 Å². The van der Waals surface area contributed by atoms with Gasteiger partial charge in [0.1, 0.15) is 17.4 Å². The molecule has 0 amide bonds. The molecule has 1 fully saturated rings. The largest absolute Gasteiger partial charge is 0.491 e. The van der Waals surface area contributed by atoms with Gasteiger partial charge in [0.25, 0.3) is 0 Å². The first kappa shape index (κ1) is 15.5. The average molecular weight is 332 g/mol. The fraction of sp³-hybridized carbons (Fsp3) is 0.529. The summed E-state index contributed by atoms with van der Waals surface area (Å²) in [6, 6.07) is 3.35. The Balaban J connectivity index is 1.64. The molecule has 0 bridgehead atoms. The predicted octanol–water partition coefficient (Wildman–Crippen LogP) is 1.49. The summed E-state index contributed by atoms with van der Waals surface area (Å²) < 4.78 is 24.9. The minimum Gasteiger partial charge on any atom is -0.491 e. The van der Waals surface area contributed by atoms with Crippen LogP contribution >= 0.6 is 0 Å². The predicted molar refractivity (Wildman–Crippen MR) is 88.3 cm³/mol. The lowest BCUT2D eigenvalue weighted by atomic mass is 9.97. The van der Waals surface area contributed by atoms with Gasteiger partial charge in [0.15, 0.2) is 0 Å². The minimum absolute atomic E-state index is 0.145. The summed E-state index contributed by atoms with van der Waals surface area (Å²) in [5, 5.41) is 0. The van der Waals surface area contributed by atoms with Crippen molar-refractivity contribution < 1.29 is 13.9 Å². The van der Waals surface area contributed by atoms with Gasteiger partial charge in [-0.25, -0.2) is 9.37 Å². The monoisotopic (exact) mass is 332 g/mol. The normalized spacial score (nSPS) is 27.0. The van der Waals surface area contributed by atoms with Crippen LogP contribution < -0.4 is 15.2 Å². The zero-order valence-corrected chi connectivity index (χ0v) is 13.6. The molecule has 2 aromatic rings. The van der Waals surface area contributed by atoms with Crippen LogP contribution in [0.25, 0.3) is 11.0 Å². The molecule has 2 aromatic heterocycles. The van der Waals surface area contributed by atoms with E-state index in [4.69, 9.17) is 15.2 Å². The standard InChI is InChI=1S/C17H21FN4O2/c1-23-15-3-2-13-17(21-15)16-10(9-24-14(16)6-20-13)7-22-5-4-12(19)11(18)8-22/h2-3,6,10-12H,4-5,7-9,19H2,1H3/t10?,11-,12+/m0/s1. The van der Waals surface area contributed by atoms with E-state index in [1.807, 2.05) is 6.07 Å². The molecule has 128 valence electrons. The van der Waals surface area contributed by atoms with Crippen molar-refractivity contribution >= 4 is 11.0 Å². The third kappa shape index (κ3) is 2.67. The van der Waals surface area contributed by atoms with E-state index < -0.39 is 6.17 Å². The molecule has 0 aliphatic carbocycles. The molecule has 0 saturated carbocycles. The number of hydrogen-bond acceptors (Lipinski definition) is 6. The SMILES string of the molecule is COc1ccc2ncc3c(c2n1)C(CN1CC[C@@H](N)[C@@H](F)C1)CO3. The van der Waals surface area contributed by atoms with Gasteiger partial charge in [-0.05, 0) is 19.0 Å². The second kappa shape index (κ2) is 6.14. The van der Waals surface area contributed by atoms with Crippen LogP contribution in [-0.2, 0) is 0 Å². The first-order valence-electron chi connectivity index (χ1n) is 8.24. The second-order valence-corrected chi connectivity index (χ2v) is 6.49. The van der Waals surface area contributed by atoms with Gasteiger partial charge in [-0.1, -0.05) is 0 Å². The van der Waals surface area contributed by atoms with Crippen LogP contribution in [0.15, 0.2) is 18.3 Å². The summed E-state index contributed by atoms with van der Waals surface area (Å²) in [6.07, 6.45) is 1.47. The molecular formula is C17H21FN4O2. The molecule has 6 nitrogen and oxygen atoms in total. The van der Waals surface area contributed by atoms with E-state index in [0.29, 0.717) is 25.5 Å². The molecular weight excluding hydrogens is 311 g/mol. The molecule has 2 N–H and O–H groups in total. The molecule has 3 atom stereocenters. The number of nitrogens with zero attached hydrogens (tertiary/aromatic N) is 3. The smallest absolute Gasteiger partial charge is 0.213 e. The molecule has 1 unspecified atom stereocenters. The summed E-state index contributed by atoms with van der Waals surface area (Å²) >= 11 is 0. The van der Waals surface area contributed by atoms with Crippen LogP contribution in [-0.4, -0.2) is 60.4 Å². The fourth-order valence-corrected chi connectivity index (χ4v) is 3.55. The number of fused-ring (bicyclic) bond motifs is 3. The van der Waals surface area contributed by atoms with E-state index in [0.717, 1.165) is 35.4 Å². The van der Waals surface area contributed by atoms with Crippen LogP contribution in [0.1, 0.15) is 17.9 Å². The maximum Gasteiger partial charge on any atom is 0.213 e. The lowest BCUT2D eigenvalue weighted by Crippen LogP contribution is -2.49. The Morgan fingerprint density at radius 3 is 3.12 bits per heavy atom. The molecule has 7 heteroatoms. The molecule has 2 aliphatic rings. The summed E-state index contributed by atoms with van der Waals surface area (Å²) in [5.41, 5.74) is 8.44. The van der Waals surface area contributed by atoms with E-state index >= 15 is 0 Å². The molecule has 2 aliphatic heterocycles. The molecule has 1 saturated heterocycles. The number of hydrogen-bond donors (Lipinski definition) is 1. The highest BCUT2D eigenvalue weighted by atomic mass is 19.1.